The first kappa shape index (κ1) is 17.5. The third kappa shape index (κ3) is 4.04. The lowest BCUT2D eigenvalue weighted by atomic mass is 10.2. The molecule has 130 valence electrons. The van der Waals surface area contributed by atoms with Crippen molar-refractivity contribution in [2.45, 2.75) is 18.4 Å². The van der Waals surface area contributed by atoms with Gasteiger partial charge in [0.15, 0.2) is 0 Å². The summed E-state index contributed by atoms with van der Waals surface area (Å²) in [6.45, 7) is 1.88. The minimum Gasteiger partial charge on any atom is -0.497 e. The molecule has 0 fully saturated rings. The van der Waals surface area contributed by atoms with E-state index in [4.69, 9.17) is 4.74 Å². The summed E-state index contributed by atoms with van der Waals surface area (Å²) in [4.78, 5) is 8.68. The molecule has 3 rings (SSSR count). The fraction of sp³-hybridized carbons (Fsp3) is 0.176. The molecule has 0 bridgehead atoms. The number of thiazole rings is 1. The summed E-state index contributed by atoms with van der Waals surface area (Å²) < 4.78 is 32.7. The van der Waals surface area contributed by atoms with Crippen LogP contribution in [-0.4, -0.2) is 25.5 Å². The summed E-state index contributed by atoms with van der Waals surface area (Å²) in [5.41, 5.74) is 2.39. The van der Waals surface area contributed by atoms with Crippen molar-refractivity contribution in [3.8, 4) is 17.0 Å². The van der Waals surface area contributed by atoms with Crippen LogP contribution in [0.2, 0.25) is 0 Å². The molecule has 0 radical (unpaired) electrons. The lowest BCUT2D eigenvalue weighted by molar-refractivity contribution is 0.414. The predicted octanol–water partition coefficient (Wildman–Crippen LogP) is 3.00. The van der Waals surface area contributed by atoms with Gasteiger partial charge in [0.1, 0.15) is 10.8 Å². The van der Waals surface area contributed by atoms with Crippen LogP contribution < -0.4 is 9.46 Å². The quantitative estimate of drug-likeness (QED) is 0.716. The van der Waals surface area contributed by atoms with Crippen LogP contribution >= 0.6 is 11.3 Å². The fourth-order valence-electron chi connectivity index (χ4n) is 2.33. The van der Waals surface area contributed by atoms with Crippen LogP contribution in [0.1, 0.15) is 10.6 Å². The Kier molecular flexibility index (Phi) is 5.12. The molecule has 0 aliphatic carbocycles. The van der Waals surface area contributed by atoms with Crippen molar-refractivity contribution >= 4 is 21.4 Å². The highest BCUT2D eigenvalue weighted by atomic mass is 32.2. The first-order valence-electron chi connectivity index (χ1n) is 7.49. The highest BCUT2D eigenvalue weighted by molar-refractivity contribution is 7.89. The number of nitrogens with one attached hydrogen (secondary N) is 1. The van der Waals surface area contributed by atoms with E-state index >= 15 is 0 Å². The number of pyridine rings is 1. The van der Waals surface area contributed by atoms with E-state index in [2.05, 4.69) is 14.7 Å². The standard InChI is InChI=1S/C17H17N3O3S2/c1-12-9-14(23-2)3-4-16(12)25(21,22)19-10-17-20-15(11-24-17)13-5-7-18-8-6-13/h3-9,11,19H,10H2,1-2H3. The van der Waals surface area contributed by atoms with Gasteiger partial charge in [-0.1, -0.05) is 0 Å². The number of methoxy groups -OCH3 is 1. The van der Waals surface area contributed by atoms with E-state index in [9.17, 15) is 8.42 Å². The van der Waals surface area contributed by atoms with Crippen LogP contribution in [0.4, 0.5) is 0 Å². The van der Waals surface area contributed by atoms with Crippen LogP contribution in [0.15, 0.2) is 53.0 Å². The topological polar surface area (TPSA) is 81.2 Å². The van der Waals surface area contributed by atoms with Gasteiger partial charge in [-0.15, -0.1) is 11.3 Å². The van der Waals surface area contributed by atoms with Gasteiger partial charge in [-0.05, 0) is 42.8 Å². The number of hydrogen-bond donors (Lipinski definition) is 1. The summed E-state index contributed by atoms with van der Waals surface area (Å²) >= 11 is 1.41. The SMILES string of the molecule is COc1ccc(S(=O)(=O)NCc2nc(-c3ccncc3)cs2)c(C)c1. The first-order chi connectivity index (χ1) is 12.0. The zero-order valence-electron chi connectivity index (χ0n) is 13.8. The second-order valence-electron chi connectivity index (χ2n) is 5.32. The molecule has 1 N–H and O–H groups in total. The van der Waals surface area contributed by atoms with Crippen molar-refractivity contribution < 1.29 is 13.2 Å². The Balaban J connectivity index is 1.74. The third-order valence-corrected chi connectivity index (χ3v) is 6.02. The Morgan fingerprint density at radius 2 is 1.96 bits per heavy atom. The minimum atomic E-state index is -3.62. The van der Waals surface area contributed by atoms with Crippen molar-refractivity contribution in [2.24, 2.45) is 0 Å². The molecule has 6 nitrogen and oxygen atoms in total. The summed E-state index contributed by atoms with van der Waals surface area (Å²) in [7, 11) is -2.07. The number of hydrogen-bond acceptors (Lipinski definition) is 6. The highest BCUT2D eigenvalue weighted by Gasteiger charge is 2.18. The molecule has 3 aromatic rings. The number of aryl methyl sites for hydroxylation is 1. The second-order valence-corrected chi connectivity index (χ2v) is 8.00. The Morgan fingerprint density at radius 1 is 1.20 bits per heavy atom. The highest BCUT2D eigenvalue weighted by Crippen LogP contribution is 2.23. The van der Waals surface area contributed by atoms with E-state index < -0.39 is 10.0 Å². The molecule has 8 heteroatoms. The molecular weight excluding hydrogens is 358 g/mol. The molecule has 0 atom stereocenters. The Labute approximate surface area is 150 Å². The van der Waals surface area contributed by atoms with E-state index in [0.717, 1.165) is 11.3 Å². The van der Waals surface area contributed by atoms with Gasteiger partial charge in [-0.25, -0.2) is 18.1 Å². The van der Waals surface area contributed by atoms with Gasteiger partial charge in [0.25, 0.3) is 0 Å². The maximum atomic E-state index is 12.5. The summed E-state index contributed by atoms with van der Waals surface area (Å²) in [5.74, 6) is 0.623. The van der Waals surface area contributed by atoms with Gasteiger partial charge in [0.05, 0.1) is 24.2 Å². The zero-order valence-corrected chi connectivity index (χ0v) is 15.4. The van der Waals surface area contributed by atoms with Gasteiger partial charge in [0, 0.05) is 23.3 Å². The van der Waals surface area contributed by atoms with E-state index in [1.54, 1.807) is 44.6 Å². The summed E-state index contributed by atoms with van der Waals surface area (Å²) in [5, 5.41) is 2.60. The smallest absolute Gasteiger partial charge is 0.241 e. The maximum absolute atomic E-state index is 12.5. The minimum absolute atomic E-state index is 0.142. The van der Waals surface area contributed by atoms with Crippen molar-refractivity contribution in [3.63, 3.8) is 0 Å². The van der Waals surface area contributed by atoms with Gasteiger partial charge >= 0.3 is 0 Å². The molecule has 0 saturated heterocycles. The number of benzene rings is 1. The van der Waals surface area contributed by atoms with Crippen molar-refractivity contribution in [1.29, 1.82) is 0 Å². The zero-order chi connectivity index (χ0) is 17.9. The molecule has 0 aliphatic heterocycles. The Hall–Kier alpha value is -2.29. The lowest BCUT2D eigenvalue weighted by Crippen LogP contribution is -2.24. The number of ether oxygens (including phenoxy) is 1. The second kappa shape index (κ2) is 7.30. The van der Waals surface area contributed by atoms with E-state index in [0.29, 0.717) is 16.3 Å². The maximum Gasteiger partial charge on any atom is 0.241 e. The van der Waals surface area contributed by atoms with E-state index in [1.165, 1.54) is 11.3 Å². The van der Waals surface area contributed by atoms with Crippen LogP contribution in [-0.2, 0) is 16.6 Å². The van der Waals surface area contributed by atoms with Gasteiger partial charge in [-0.2, -0.15) is 0 Å². The molecule has 0 aliphatic rings. The van der Waals surface area contributed by atoms with Crippen molar-refractivity contribution in [3.05, 3.63) is 58.7 Å². The molecule has 0 spiro atoms. The molecule has 25 heavy (non-hydrogen) atoms. The average Bonchev–Trinajstić information content (AvgIpc) is 3.09. The Morgan fingerprint density at radius 3 is 2.64 bits per heavy atom. The molecular formula is C17H17N3O3S2. The molecule has 2 heterocycles. The molecule has 2 aromatic heterocycles. The van der Waals surface area contributed by atoms with Crippen LogP contribution in [0.25, 0.3) is 11.3 Å². The molecule has 0 amide bonds. The van der Waals surface area contributed by atoms with Crippen molar-refractivity contribution in [2.75, 3.05) is 7.11 Å². The number of aromatic nitrogens is 2. The largest absolute Gasteiger partial charge is 0.497 e. The Bertz CT molecular complexity index is 970. The lowest BCUT2D eigenvalue weighted by Gasteiger charge is -2.09. The molecule has 1 aromatic carbocycles. The van der Waals surface area contributed by atoms with Crippen molar-refractivity contribution in [1.82, 2.24) is 14.7 Å². The first-order valence-corrected chi connectivity index (χ1v) is 9.85. The van der Waals surface area contributed by atoms with Gasteiger partial charge in [-0.3, -0.25) is 4.98 Å². The third-order valence-electron chi connectivity index (χ3n) is 3.61. The number of rotatable bonds is 6. The molecule has 0 unspecified atom stereocenters. The summed E-state index contributed by atoms with van der Waals surface area (Å²) in [6, 6.07) is 8.60. The normalized spacial score (nSPS) is 11.4. The van der Waals surface area contributed by atoms with Crippen LogP contribution in [0.3, 0.4) is 0 Å². The summed E-state index contributed by atoms with van der Waals surface area (Å²) in [6.07, 6.45) is 3.40. The average molecular weight is 375 g/mol. The van der Waals surface area contributed by atoms with Gasteiger partial charge < -0.3 is 4.74 Å². The fourth-order valence-corrected chi connectivity index (χ4v) is 4.38. The number of nitrogens with zero attached hydrogens (tertiary/aromatic N) is 2. The predicted molar refractivity (Wildman–Crippen MR) is 97.1 cm³/mol. The van der Waals surface area contributed by atoms with Crippen LogP contribution in [0.5, 0.6) is 5.75 Å². The van der Waals surface area contributed by atoms with E-state index in [-0.39, 0.29) is 11.4 Å². The van der Waals surface area contributed by atoms with Crippen LogP contribution in [0, 0.1) is 6.92 Å². The molecule has 0 saturated carbocycles. The number of sulfonamides is 1. The monoisotopic (exact) mass is 375 g/mol. The van der Waals surface area contributed by atoms with Gasteiger partial charge in [0.2, 0.25) is 10.0 Å². The van der Waals surface area contributed by atoms with E-state index in [1.807, 2.05) is 17.5 Å².